The van der Waals surface area contributed by atoms with Crippen molar-refractivity contribution >= 4 is 42.1 Å². The van der Waals surface area contributed by atoms with Gasteiger partial charge in [0.2, 0.25) is 0 Å². The first-order valence-corrected chi connectivity index (χ1v) is 6.49. The molecule has 1 amide bonds. The van der Waals surface area contributed by atoms with Crippen LogP contribution >= 0.6 is 36.2 Å². The molecule has 2 N–H and O–H groups in total. The SMILES string of the molecule is Cl.Cl.O=C(NCCN1CCNCC1)c1cccs1. The van der Waals surface area contributed by atoms with E-state index in [1.54, 1.807) is 0 Å². The zero-order valence-corrected chi connectivity index (χ0v) is 12.5. The predicted molar refractivity (Wildman–Crippen MR) is 80.5 cm³/mol. The molecule has 0 atom stereocenters. The third-order valence-corrected chi connectivity index (χ3v) is 3.54. The Morgan fingerprint density at radius 1 is 1.39 bits per heavy atom. The summed E-state index contributed by atoms with van der Waals surface area (Å²) in [7, 11) is 0. The van der Waals surface area contributed by atoms with Crippen molar-refractivity contribution in [3.05, 3.63) is 22.4 Å². The van der Waals surface area contributed by atoms with E-state index in [9.17, 15) is 4.79 Å². The van der Waals surface area contributed by atoms with E-state index in [2.05, 4.69) is 15.5 Å². The van der Waals surface area contributed by atoms with Gasteiger partial charge in [0.05, 0.1) is 4.88 Å². The number of amides is 1. The van der Waals surface area contributed by atoms with Gasteiger partial charge in [0, 0.05) is 39.3 Å². The van der Waals surface area contributed by atoms with Crippen molar-refractivity contribution in [3.63, 3.8) is 0 Å². The largest absolute Gasteiger partial charge is 0.350 e. The number of halogens is 2. The maximum Gasteiger partial charge on any atom is 0.261 e. The second-order valence-electron chi connectivity index (χ2n) is 3.82. The number of piperazine rings is 1. The third-order valence-electron chi connectivity index (χ3n) is 2.67. The summed E-state index contributed by atoms with van der Waals surface area (Å²) in [5, 5.41) is 8.17. The number of hydrogen-bond donors (Lipinski definition) is 2. The van der Waals surface area contributed by atoms with Gasteiger partial charge in [0.1, 0.15) is 0 Å². The first kappa shape index (κ1) is 17.7. The summed E-state index contributed by atoms with van der Waals surface area (Å²) in [5.74, 6) is 0.0464. The number of carbonyl (C=O) groups is 1. The number of nitrogens with zero attached hydrogens (tertiary/aromatic N) is 1. The van der Waals surface area contributed by atoms with Gasteiger partial charge in [-0.15, -0.1) is 36.2 Å². The molecule has 4 nitrogen and oxygen atoms in total. The van der Waals surface area contributed by atoms with Crippen LogP contribution in [0.2, 0.25) is 0 Å². The molecule has 2 rings (SSSR count). The summed E-state index contributed by atoms with van der Waals surface area (Å²) in [4.78, 5) is 14.8. The summed E-state index contributed by atoms with van der Waals surface area (Å²) in [6, 6.07) is 3.75. The van der Waals surface area contributed by atoms with Crippen LogP contribution in [0, 0.1) is 0 Å². The van der Waals surface area contributed by atoms with Gasteiger partial charge in [-0.3, -0.25) is 9.69 Å². The quantitative estimate of drug-likeness (QED) is 0.879. The van der Waals surface area contributed by atoms with Crippen molar-refractivity contribution in [1.29, 1.82) is 0 Å². The average molecular weight is 312 g/mol. The van der Waals surface area contributed by atoms with Crippen LogP contribution in [0.4, 0.5) is 0 Å². The van der Waals surface area contributed by atoms with Crippen LogP contribution in [0.1, 0.15) is 9.67 Å². The van der Waals surface area contributed by atoms with Gasteiger partial charge in [-0.1, -0.05) is 6.07 Å². The van der Waals surface area contributed by atoms with Crippen molar-refractivity contribution < 1.29 is 4.79 Å². The Morgan fingerprint density at radius 3 is 2.72 bits per heavy atom. The van der Waals surface area contributed by atoms with Gasteiger partial charge in [-0.05, 0) is 11.4 Å². The molecule has 1 aliphatic heterocycles. The number of thiophene rings is 1. The van der Waals surface area contributed by atoms with Crippen molar-refractivity contribution in [1.82, 2.24) is 15.5 Å². The lowest BCUT2D eigenvalue weighted by molar-refractivity contribution is 0.0951. The lowest BCUT2D eigenvalue weighted by Crippen LogP contribution is -2.46. The smallest absolute Gasteiger partial charge is 0.261 e. The topological polar surface area (TPSA) is 44.4 Å². The summed E-state index contributed by atoms with van der Waals surface area (Å²) in [6.07, 6.45) is 0. The maximum absolute atomic E-state index is 11.6. The minimum absolute atomic E-state index is 0. The molecule has 7 heteroatoms. The van der Waals surface area contributed by atoms with E-state index >= 15 is 0 Å². The van der Waals surface area contributed by atoms with E-state index in [1.165, 1.54) is 11.3 Å². The van der Waals surface area contributed by atoms with Crippen LogP contribution in [0.5, 0.6) is 0 Å². The molecular weight excluding hydrogens is 293 g/mol. The predicted octanol–water partition coefficient (Wildman–Crippen LogP) is 1.23. The van der Waals surface area contributed by atoms with E-state index in [0.717, 1.165) is 44.1 Å². The Bertz CT molecular complexity index is 329. The highest BCUT2D eigenvalue weighted by Gasteiger charge is 2.10. The van der Waals surface area contributed by atoms with Gasteiger partial charge in [0.15, 0.2) is 0 Å². The lowest BCUT2D eigenvalue weighted by Gasteiger charge is -2.26. The van der Waals surface area contributed by atoms with Gasteiger partial charge in [-0.25, -0.2) is 0 Å². The highest BCUT2D eigenvalue weighted by molar-refractivity contribution is 7.12. The molecule has 1 fully saturated rings. The second kappa shape index (κ2) is 9.58. The van der Waals surface area contributed by atoms with Gasteiger partial charge in [0.25, 0.3) is 5.91 Å². The first-order chi connectivity index (χ1) is 7.86. The summed E-state index contributed by atoms with van der Waals surface area (Å²) in [5.41, 5.74) is 0. The van der Waals surface area contributed by atoms with E-state index in [4.69, 9.17) is 0 Å². The molecule has 2 heterocycles. The molecule has 1 aliphatic rings. The average Bonchev–Trinajstić information content (AvgIpc) is 2.84. The molecule has 0 aliphatic carbocycles. The molecule has 0 bridgehead atoms. The highest BCUT2D eigenvalue weighted by Crippen LogP contribution is 2.07. The second-order valence-corrected chi connectivity index (χ2v) is 4.77. The van der Waals surface area contributed by atoms with Crippen molar-refractivity contribution in [2.75, 3.05) is 39.3 Å². The van der Waals surface area contributed by atoms with E-state index < -0.39 is 0 Å². The maximum atomic E-state index is 11.6. The summed E-state index contributed by atoms with van der Waals surface area (Å²) >= 11 is 1.48. The van der Waals surface area contributed by atoms with Gasteiger partial charge in [-0.2, -0.15) is 0 Å². The van der Waals surface area contributed by atoms with Gasteiger partial charge < -0.3 is 10.6 Å². The molecule has 1 aromatic heterocycles. The number of rotatable bonds is 4. The Morgan fingerprint density at radius 2 is 2.11 bits per heavy atom. The molecule has 1 aromatic rings. The number of carbonyl (C=O) groups excluding carboxylic acids is 1. The summed E-state index contributed by atoms with van der Waals surface area (Å²) < 4.78 is 0. The molecule has 104 valence electrons. The minimum Gasteiger partial charge on any atom is -0.350 e. The van der Waals surface area contributed by atoms with Crippen LogP contribution in [-0.4, -0.2) is 50.1 Å². The van der Waals surface area contributed by atoms with Crippen LogP contribution < -0.4 is 10.6 Å². The standard InChI is InChI=1S/C11H17N3OS.2ClH/c15-11(10-2-1-9-16-10)13-5-8-14-6-3-12-4-7-14;;/h1-2,9,12H,3-8H2,(H,13,15);2*1H. The van der Waals surface area contributed by atoms with Crippen molar-refractivity contribution in [2.45, 2.75) is 0 Å². The third kappa shape index (κ3) is 5.54. The Hall–Kier alpha value is -0.330. The minimum atomic E-state index is 0. The molecule has 0 spiro atoms. The Balaban J connectivity index is 0.00000144. The van der Waals surface area contributed by atoms with Crippen LogP contribution in [-0.2, 0) is 0 Å². The monoisotopic (exact) mass is 311 g/mol. The Labute approximate surface area is 124 Å². The normalized spacial score (nSPS) is 15.3. The fraction of sp³-hybridized carbons (Fsp3) is 0.545. The van der Waals surface area contributed by atoms with Crippen LogP contribution in [0.3, 0.4) is 0 Å². The fourth-order valence-electron chi connectivity index (χ4n) is 1.76. The fourth-order valence-corrected chi connectivity index (χ4v) is 2.40. The molecule has 1 saturated heterocycles. The van der Waals surface area contributed by atoms with Crippen molar-refractivity contribution in [3.8, 4) is 0 Å². The van der Waals surface area contributed by atoms with Crippen LogP contribution in [0.25, 0.3) is 0 Å². The Kier molecular flexibility index (Phi) is 9.40. The zero-order valence-electron chi connectivity index (χ0n) is 10.1. The molecule has 18 heavy (non-hydrogen) atoms. The molecule has 0 radical (unpaired) electrons. The van der Waals surface area contributed by atoms with Gasteiger partial charge >= 0.3 is 0 Å². The first-order valence-electron chi connectivity index (χ1n) is 5.61. The number of nitrogens with one attached hydrogen (secondary N) is 2. The van der Waals surface area contributed by atoms with E-state index in [0.29, 0.717) is 0 Å². The molecule has 0 unspecified atom stereocenters. The zero-order chi connectivity index (χ0) is 11.2. The molecule has 0 saturated carbocycles. The summed E-state index contributed by atoms with van der Waals surface area (Å²) in [6.45, 7) is 5.94. The number of hydrogen-bond acceptors (Lipinski definition) is 4. The lowest BCUT2D eigenvalue weighted by atomic mass is 10.3. The van der Waals surface area contributed by atoms with Crippen LogP contribution in [0.15, 0.2) is 17.5 Å². The molecule has 0 aromatic carbocycles. The van der Waals surface area contributed by atoms with E-state index in [-0.39, 0.29) is 30.7 Å². The van der Waals surface area contributed by atoms with E-state index in [1.807, 2.05) is 17.5 Å². The highest BCUT2D eigenvalue weighted by atomic mass is 35.5. The molecular formula is C11H19Cl2N3OS. The van der Waals surface area contributed by atoms with Crippen molar-refractivity contribution in [2.24, 2.45) is 0 Å².